The van der Waals surface area contributed by atoms with Gasteiger partial charge >= 0.3 is 0 Å². The summed E-state index contributed by atoms with van der Waals surface area (Å²) < 4.78 is 5.10. The van der Waals surface area contributed by atoms with E-state index in [9.17, 15) is 0 Å². The summed E-state index contributed by atoms with van der Waals surface area (Å²) in [5.74, 6) is 0.681. The molecule has 2 rings (SSSR count). The standard InChI is InChI=1S/C13H12ClNO/c1-16-13-7-4-10(8-12(13)14)9-2-5-11(15)6-3-9/h2-8H,15H2,1H3. The summed E-state index contributed by atoms with van der Waals surface area (Å²) >= 11 is 6.06. The molecule has 0 amide bonds. The number of hydrogen-bond donors (Lipinski definition) is 1. The van der Waals surface area contributed by atoms with Gasteiger partial charge in [-0.1, -0.05) is 29.8 Å². The third-order valence-corrected chi connectivity index (χ3v) is 2.69. The molecule has 0 saturated carbocycles. The van der Waals surface area contributed by atoms with Crippen LogP contribution in [-0.2, 0) is 0 Å². The molecule has 82 valence electrons. The molecule has 0 aliphatic heterocycles. The lowest BCUT2D eigenvalue weighted by molar-refractivity contribution is 0.415. The number of anilines is 1. The van der Waals surface area contributed by atoms with E-state index in [0.29, 0.717) is 10.8 Å². The molecule has 0 spiro atoms. The predicted octanol–water partition coefficient (Wildman–Crippen LogP) is 3.60. The average molecular weight is 234 g/mol. The molecule has 16 heavy (non-hydrogen) atoms. The van der Waals surface area contributed by atoms with Crippen LogP contribution in [0.4, 0.5) is 5.69 Å². The maximum atomic E-state index is 6.06. The Bertz CT molecular complexity index is 494. The van der Waals surface area contributed by atoms with Crippen molar-refractivity contribution in [3.05, 3.63) is 47.5 Å². The number of halogens is 1. The minimum absolute atomic E-state index is 0.608. The molecule has 0 aliphatic carbocycles. The van der Waals surface area contributed by atoms with E-state index in [1.165, 1.54) is 0 Å². The lowest BCUT2D eigenvalue weighted by Gasteiger charge is -2.06. The van der Waals surface area contributed by atoms with E-state index in [1.54, 1.807) is 7.11 Å². The largest absolute Gasteiger partial charge is 0.495 e. The average Bonchev–Trinajstić information content (AvgIpc) is 2.30. The molecule has 0 fully saturated rings. The minimum atomic E-state index is 0.608. The van der Waals surface area contributed by atoms with E-state index >= 15 is 0 Å². The van der Waals surface area contributed by atoms with Gasteiger partial charge in [-0.3, -0.25) is 0 Å². The zero-order chi connectivity index (χ0) is 11.5. The lowest BCUT2D eigenvalue weighted by atomic mass is 10.1. The molecule has 0 heterocycles. The van der Waals surface area contributed by atoms with Gasteiger partial charge in [-0.2, -0.15) is 0 Å². The molecule has 0 atom stereocenters. The van der Waals surface area contributed by atoms with E-state index in [-0.39, 0.29) is 0 Å². The zero-order valence-electron chi connectivity index (χ0n) is 8.91. The molecule has 0 aliphatic rings. The van der Waals surface area contributed by atoms with Gasteiger partial charge in [0.05, 0.1) is 12.1 Å². The van der Waals surface area contributed by atoms with Crippen molar-refractivity contribution in [1.82, 2.24) is 0 Å². The summed E-state index contributed by atoms with van der Waals surface area (Å²) in [7, 11) is 1.60. The molecule has 2 nitrogen and oxygen atoms in total. The molecule has 2 aromatic rings. The van der Waals surface area contributed by atoms with Gasteiger partial charge in [0.15, 0.2) is 0 Å². The Morgan fingerprint density at radius 1 is 1.00 bits per heavy atom. The number of nitrogens with two attached hydrogens (primary N) is 1. The van der Waals surface area contributed by atoms with Crippen molar-refractivity contribution in [2.75, 3.05) is 12.8 Å². The molecule has 0 saturated heterocycles. The third kappa shape index (κ3) is 2.12. The van der Waals surface area contributed by atoms with Gasteiger partial charge in [-0.25, -0.2) is 0 Å². The van der Waals surface area contributed by atoms with Gasteiger partial charge in [-0.15, -0.1) is 0 Å². The summed E-state index contributed by atoms with van der Waals surface area (Å²) in [6.45, 7) is 0. The van der Waals surface area contributed by atoms with Gasteiger partial charge in [0, 0.05) is 5.69 Å². The van der Waals surface area contributed by atoms with Crippen LogP contribution in [0.3, 0.4) is 0 Å². The summed E-state index contributed by atoms with van der Waals surface area (Å²) in [6, 6.07) is 13.4. The summed E-state index contributed by atoms with van der Waals surface area (Å²) in [5, 5.41) is 0.608. The van der Waals surface area contributed by atoms with E-state index in [1.807, 2.05) is 42.5 Å². The zero-order valence-corrected chi connectivity index (χ0v) is 9.66. The smallest absolute Gasteiger partial charge is 0.137 e. The number of benzene rings is 2. The van der Waals surface area contributed by atoms with Crippen LogP contribution in [0.25, 0.3) is 11.1 Å². The van der Waals surface area contributed by atoms with E-state index in [4.69, 9.17) is 22.1 Å². The maximum absolute atomic E-state index is 6.06. The van der Waals surface area contributed by atoms with Crippen molar-refractivity contribution < 1.29 is 4.74 Å². The topological polar surface area (TPSA) is 35.2 Å². The van der Waals surface area contributed by atoms with Crippen LogP contribution < -0.4 is 10.5 Å². The monoisotopic (exact) mass is 233 g/mol. The molecular weight excluding hydrogens is 222 g/mol. The van der Waals surface area contributed by atoms with Crippen molar-refractivity contribution in [3.8, 4) is 16.9 Å². The molecule has 2 aromatic carbocycles. The quantitative estimate of drug-likeness (QED) is 0.805. The summed E-state index contributed by atoms with van der Waals surface area (Å²) in [6.07, 6.45) is 0. The van der Waals surface area contributed by atoms with Gasteiger partial charge in [-0.05, 0) is 35.4 Å². The second kappa shape index (κ2) is 4.45. The fourth-order valence-electron chi connectivity index (χ4n) is 1.52. The van der Waals surface area contributed by atoms with Crippen molar-refractivity contribution >= 4 is 17.3 Å². The highest BCUT2D eigenvalue weighted by Crippen LogP contribution is 2.30. The number of ether oxygens (including phenoxy) is 1. The first-order valence-electron chi connectivity index (χ1n) is 4.90. The molecule has 0 unspecified atom stereocenters. The Hall–Kier alpha value is -1.67. The van der Waals surface area contributed by atoms with E-state index in [0.717, 1.165) is 16.8 Å². The van der Waals surface area contributed by atoms with Crippen LogP contribution in [0.15, 0.2) is 42.5 Å². The molecule has 0 bridgehead atoms. The molecular formula is C13H12ClNO. The number of rotatable bonds is 2. The van der Waals surface area contributed by atoms with Crippen molar-refractivity contribution in [1.29, 1.82) is 0 Å². The van der Waals surface area contributed by atoms with Crippen LogP contribution >= 0.6 is 11.6 Å². The van der Waals surface area contributed by atoms with Crippen LogP contribution in [0, 0.1) is 0 Å². The van der Waals surface area contributed by atoms with E-state index < -0.39 is 0 Å². The highest BCUT2D eigenvalue weighted by atomic mass is 35.5. The number of nitrogen functional groups attached to an aromatic ring is 1. The van der Waals surface area contributed by atoms with Gasteiger partial charge in [0.1, 0.15) is 5.75 Å². The van der Waals surface area contributed by atoms with Crippen LogP contribution in [0.2, 0.25) is 5.02 Å². The predicted molar refractivity (Wildman–Crippen MR) is 67.9 cm³/mol. The first-order valence-corrected chi connectivity index (χ1v) is 5.28. The molecule has 3 heteroatoms. The lowest BCUT2D eigenvalue weighted by Crippen LogP contribution is -1.86. The van der Waals surface area contributed by atoms with Crippen LogP contribution in [0.1, 0.15) is 0 Å². The highest BCUT2D eigenvalue weighted by molar-refractivity contribution is 6.32. The summed E-state index contributed by atoms with van der Waals surface area (Å²) in [4.78, 5) is 0. The first kappa shape index (κ1) is 10.8. The van der Waals surface area contributed by atoms with Crippen molar-refractivity contribution in [2.24, 2.45) is 0 Å². The van der Waals surface area contributed by atoms with Crippen molar-refractivity contribution in [3.63, 3.8) is 0 Å². The first-order chi connectivity index (χ1) is 7.70. The Labute approximate surface area is 99.6 Å². The number of methoxy groups -OCH3 is 1. The van der Waals surface area contributed by atoms with Gasteiger partial charge < -0.3 is 10.5 Å². The van der Waals surface area contributed by atoms with Gasteiger partial charge in [0.25, 0.3) is 0 Å². The second-order valence-corrected chi connectivity index (χ2v) is 3.88. The van der Waals surface area contributed by atoms with Crippen molar-refractivity contribution in [2.45, 2.75) is 0 Å². The van der Waals surface area contributed by atoms with Gasteiger partial charge in [0.2, 0.25) is 0 Å². The Balaban J connectivity index is 2.41. The maximum Gasteiger partial charge on any atom is 0.137 e. The Morgan fingerprint density at radius 3 is 2.19 bits per heavy atom. The Kier molecular flexibility index (Phi) is 3.02. The molecule has 2 N–H and O–H groups in total. The highest BCUT2D eigenvalue weighted by Gasteiger charge is 2.03. The number of hydrogen-bond acceptors (Lipinski definition) is 2. The molecule has 0 aromatic heterocycles. The van der Waals surface area contributed by atoms with E-state index in [2.05, 4.69) is 0 Å². The fourth-order valence-corrected chi connectivity index (χ4v) is 1.78. The van der Waals surface area contributed by atoms with Crippen LogP contribution in [-0.4, -0.2) is 7.11 Å². The van der Waals surface area contributed by atoms with Crippen LogP contribution in [0.5, 0.6) is 5.75 Å². The third-order valence-electron chi connectivity index (χ3n) is 2.40. The second-order valence-electron chi connectivity index (χ2n) is 3.47. The SMILES string of the molecule is COc1ccc(-c2ccc(N)cc2)cc1Cl. The minimum Gasteiger partial charge on any atom is -0.495 e. The fraction of sp³-hybridized carbons (Fsp3) is 0.0769. The summed E-state index contributed by atoms with van der Waals surface area (Å²) in [5.41, 5.74) is 8.52. The normalized spacial score (nSPS) is 10.1. The Morgan fingerprint density at radius 2 is 1.62 bits per heavy atom. The molecule has 0 radical (unpaired) electrons.